The summed E-state index contributed by atoms with van der Waals surface area (Å²) in [7, 11) is 0. The van der Waals surface area contributed by atoms with Gasteiger partial charge < -0.3 is 9.84 Å². The molecule has 0 bridgehead atoms. The molecule has 0 radical (unpaired) electrons. The first-order valence-corrected chi connectivity index (χ1v) is 6.76. The first-order chi connectivity index (χ1) is 8.59. The van der Waals surface area contributed by atoms with Crippen LogP contribution >= 0.6 is 27.3 Å². The summed E-state index contributed by atoms with van der Waals surface area (Å²) in [6.45, 7) is -2.91. The lowest BCUT2D eigenvalue weighted by Crippen LogP contribution is -2.07. The van der Waals surface area contributed by atoms with E-state index in [-0.39, 0.29) is 5.75 Å². The van der Waals surface area contributed by atoms with Gasteiger partial charge in [0.05, 0.1) is 0 Å². The highest BCUT2D eigenvalue weighted by Gasteiger charge is 2.19. The Morgan fingerprint density at radius 1 is 1.17 bits per heavy atom. The van der Waals surface area contributed by atoms with E-state index in [0.717, 1.165) is 4.47 Å². The topological polar surface area (TPSA) is 29.5 Å². The van der Waals surface area contributed by atoms with Gasteiger partial charge in [-0.25, -0.2) is 0 Å². The minimum absolute atomic E-state index is 0.0156. The summed E-state index contributed by atoms with van der Waals surface area (Å²) in [4.78, 5) is 0. The van der Waals surface area contributed by atoms with Gasteiger partial charge in [0, 0.05) is 21.0 Å². The van der Waals surface area contributed by atoms with E-state index >= 15 is 0 Å². The van der Waals surface area contributed by atoms with Crippen molar-refractivity contribution in [1.29, 1.82) is 0 Å². The molecule has 1 heterocycles. The zero-order valence-electron chi connectivity index (χ0n) is 9.02. The van der Waals surface area contributed by atoms with Crippen molar-refractivity contribution in [3.05, 3.63) is 50.6 Å². The molecule has 0 spiro atoms. The Morgan fingerprint density at radius 2 is 1.89 bits per heavy atom. The van der Waals surface area contributed by atoms with Gasteiger partial charge in [-0.2, -0.15) is 20.1 Å². The molecule has 0 amide bonds. The number of halogens is 3. The summed E-state index contributed by atoms with van der Waals surface area (Å²) in [5.74, 6) is -0.0156. The monoisotopic (exact) mass is 334 g/mol. The van der Waals surface area contributed by atoms with Gasteiger partial charge in [-0.1, -0.05) is 18.2 Å². The third-order valence-electron chi connectivity index (χ3n) is 2.37. The fourth-order valence-electron chi connectivity index (χ4n) is 1.56. The quantitative estimate of drug-likeness (QED) is 0.908. The van der Waals surface area contributed by atoms with Crippen LogP contribution in [0.4, 0.5) is 8.78 Å². The number of benzene rings is 1. The molecule has 2 nitrogen and oxygen atoms in total. The number of rotatable bonds is 4. The van der Waals surface area contributed by atoms with Crippen LogP contribution in [0.3, 0.4) is 0 Å². The van der Waals surface area contributed by atoms with Gasteiger partial charge in [0.2, 0.25) is 0 Å². The first kappa shape index (κ1) is 13.5. The molecule has 2 aromatic rings. The summed E-state index contributed by atoms with van der Waals surface area (Å²) < 4.78 is 29.7. The molecule has 1 aromatic heterocycles. The number of hydrogen-bond donors (Lipinski definition) is 1. The number of ether oxygens (including phenoxy) is 1. The minimum Gasteiger partial charge on any atom is -0.434 e. The number of aliphatic hydroxyl groups excluding tert-OH is 1. The molecule has 1 aromatic carbocycles. The fourth-order valence-corrected chi connectivity index (χ4v) is 3.10. The van der Waals surface area contributed by atoms with Crippen LogP contribution in [0.5, 0.6) is 5.75 Å². The number of thiophene rings is 1. The fraction of sp³-hybridized carbons (Fsp3) is 0.167. The average molecular weight is 335 g/mol. The normalized spacial score (nSPS) is 12.7. The molecule has 0 saturated carbocycles. The van der Waals surface area contributed by atoms with Crippen LogP contribution < -0.4 is 4.74 Å². The van der Waals surface area contributed by atoms with Crippen LogP contribution in [0.2, 0.25) is 0 Å². The molecule has 96 valence electrons. The van der Waals surface area contributed by atoms with Crippen molar-refractivity contribution < 1.29 is 18.6 Å². The second kappa shape index (κ2) is 5.77. The summed E-state index contributed by atoms with van der Waals surface area (Å²) in [5.41, 5.74) is 0.946. The Balaban J connectivity index is 2.36. The van der Waals surface area contributed by atoms with E-state index in [1.54, 1.807) is 23.6 Å². The van der Waals surface area contributed by atoms with E-state index < -0.39 is 12.7 Å². The van der Waals surface area contributed by atoms with Crippen LogP contribution in [-0.4, -0.2) is 11.7 Å². The third-order valence-corrected chi connectivity index (χ3v) is 4.12. The molecule has 0 aliphatic carbocycles. The lowest BCUT2D eigenvalue weighted by molar-refractivity contribution is -0.0512. The van der Waals surface area contributed by atoms with Crippen molar-refractivity contribution in [1.82, 2.24) is 0 Å². The number of aliphatic hydroxyl groups is 1. The highest BCUT2D eigenvalue weighted by Crippen LogP contribution is 2.35. The van der Waals surface area contributed by atoms with E-state index in [2.05, 4.69) is 20.7 Å². The molecule has 1 atom stereocenters. The molecule has 1 N–H and O–H groups in total. The molecule has 2 rings (SSSR count). The molecule has 1 unspecified atom stereocenters. The summed E-state index contributed by atoms with van der Waals surface area (Å²) in [5, 5.41) is 13.8. The van der Waals surface area contributed by atoms with E-state index in [1.165, 1.54) is 17.4 Å². The van der Waals surface area contributed by atoms with Crippen molar-refractivity contribution in [2.45, 2.75) is 12.7 Å². The van der Waals surface area contributed by atoms with Gasteiger partial charge in [0.15, 0.2) is 0 Å². The van der Waals surface area contributed by atoms with E-state index in [1.807, 2.05) is 5.38 Å². The number of para-hydroxylation sites is 1. The van der Waals surface area contributed by atoms with Crippen molar-refractivity contribution in [3.63, 3.8) is 0 Å². The third kappa shape index (κ3) is 2.88. The molecular weight excluding hydrogens is 326 g/mol. The number of alkyl halides is 2. The molecule has 18 heavy (non-hydrogen) atoms. The zero-order chi connectivity index (χ0) is 13.1. The molecule has 0 fully saturated rings. The zero-order valence-corrected chi connectivity index (χ0v) is 11.4. The second-order valence-corrected chi connectivity index (χ2v) is 5.09. The van der Waals surface area contributed by atoms with Gasteiger partial charge in [-0.05, 0) is 27.4 Å². The van der Waals surface area contributed by atoms with Crippen molar-refractivity contribution in [2.75, 3.05) is 0 Å². The molecular formula is C12H9BrF2O2S. The van der Waals surface area contributed by atoms with Gasteiger partial charge >= 0.3 is 6.61 Å². The highest BCUT2D eigenvalue weighted by atomic mass is 79.9. The predicted octanol–water partition coefficient (Wildman–Crippen LogP) is 4.19. The maximum atomic E-state index is 12.3. The van der Waals surface area contributed by atoms with Crippen LogP contribution in [0.1, 0.15) is 17.2 Å². The predicted molar refractivity (Wildman–Crippen MR) is 69.2 cm³/mol. The molecule has 0 saturated heterocycles. The summed E-state index contributed by atoms with van der Waals surface area (Å²) >= 11 is 4.71. The average Bonchev–Trinajstić information content (AvgIpc) is 2.74. The summed E-state index contributed by atoms with van der Waals surface area (Å²) in [6.07, 6.45) is -0.999. The standard InChI is InChI=1S/C12H9BrF2O2S/c13-9-6-18-5-8(9)11(16)7-3-1-2-4-10(7)17-12(14)15/h1-6,11-12,16H. The first-order valence-electron chi connectivity index (χ1n) is 5.03. The van der Waals surface area contributed by atoms with Crippen molar-refractivity contribution in [2.24, 2.45) is 0 Å². The molecule has 0 aliphatic heterocycles. The summed E-state index contributed by atoms with van der Waals surface area (Å²) in [6, 6.07) is 6.21. The van der Waals surface area contributed by atoms with E-state index in [4.69, 9.17) is 0 Å². The second-order valence-electron chi connectivity index (χ2n) is 3.49. The van der Waals surface area contributed by atoms with Gasteiger partial charge in [0.25, 0.3) is 0 Å². The van der Waals surface area contributed by atoms with E-state index in [0.29, 0.717) is 11.1 Å². The Morgan fingerprint density at radius 3 is 2.50 bits per heavy atom. The highest BCUT2D eigenvalue weighted by molar-refractivity contribution is 9.10. The smallest absolute Gasteiger partial charge is 0.387 e. The minimum atomic E-state index is -2.91. The Labute approximate surface area is 115 Å². The maximum Gasteiger partial charge on any atom is 0.387 e. The number of hydrogen-bond acceptors (Lipinski definition) is 3. The van der Waals surface area contributed by atoms with Gasteiger partial charge in [-0.3, -0.25) is 0 Å². The lowest BCUT2D eigenvalue weighted by Gasteiger charge is -2.15. The van der Waals surface area contributed by atoms with Crippen LogP contribution in [0, 0.1) is 0 Å². The van der Waals surface area contributed by atoms with Gasteiger partial charge in [0.1, 0.15) is 11.9 Å². The Kier molecular flexibility index (Phi) is 4.31. The van der Waals surface area contributed by atoms with Crippen LogP contribution in [0.25, 0.3) is 0 Å². The van der Waals surface area contributed by atoms with Crippen LogP contribution in [-0.2, 0) is 0 Å². The van der Waals surface area contributed by atoms with Crippen molar-refractivity contribution >= 4 is 27.3 Å². The molecule has 0 aliphatic rings. The van der Waals surface area contributed by atoms with E-state index in [9.17, 15) is 13.9 Å². The largest absolute Gasteiger partial charge is 0.434 e. The van der Waals surface area contributed by atoms with Crippen molar-refractivity contribution in [3.8, 4) is 5.75 Å². The Hall–Kier alpha value is -0.980. The van der Waals surface area contributed by atoms with Gasteiger partial charge in [-0.15, -0.1) is 0 Å². The lowest BCUT2D eigenvalue weighted by atomic mass is 10.0. The Bertz CT molecular complexity index is 530. The SMILES string of the molecule is OC(c1cscc1Br)c1ccccc1OC(F)F. The molecule has 6 heteroatoms. The van der Waals surface area contributed by atoms with Crippen LogP contribution in [0.15, 0.2) is 39.5 Å². The maximum absolute atomic E-state index is 12.3.